The predicted molar refractivity (Wildman–Crippen MR) is 112 cm³/mol. The van der Waals surface area contributed by atoms with Gasteiger partial charge in [-0.3, -0.25) is 10.1 Å². The number of esters is 1. The molecule has 0 saturated heterocycles. The maximum Gasteiger partial charge on any atom is 0.363 e. The van der Waals surface area contributed by atoms with Gasteiger partial charge in [0.15, 0.2) is 17.2 Å². The number of aliphatic imine (C=N–C) groups is 1. The molecule has 0 aliphatic carbocycles. The molecule has 0 saturated carbocycles. The first kappa shape index (κ1) is 20.8. The van der Waals surface area contributed by atoms with E-state index in [9.17, 15) is 14.9 Å². The van der Waals surface area contributed by atoms with Gasteiger partial charge in [0.1, 0.15) is 6.61 Å². The lowest BCUT2D eigenvalue weighted by molar-refractivity contribution is -0.385. The summed E-state index contributed by atoms with van der Waals surface area (Å²) >= 11 is 0. The largest absolute Gasteiger partial charge is 0.490 e. The average molecular weight is 408 g/mol. The summed E-state index contributed by atoms with van der Waals surface area (Å²) in [6.07, 6.45) is 3.18. The molecule has 154 valence electrons. The van der Waals surface area contributed by atoms with Crippen LogP contribution in [0.1, 0.15) is 23.6 Å². The fraction of sp³-hybridized carbons (Fsp3) is 0.182. The summed E-state index contributed by atoms with van der Waals surface area (Å²) in [6, 6.07) is 9.76. The van der Waals surface area contributed by atoms with Crippen LogP contribution in [-0.4, -0.2) is 30.0 Å². The van der Waals surface area contributed by atoms with E-state index in [1.165, 1.54) is 6.07 Å². The van der Waals surface area contributed by atoms with Crippen LogP contribution in [-0.2, 0) is 9.53 Å². The van der Waals surface area contributed by atoms with E-state index in [4.69, 9.17) is 14.2 Å². The van der Waals surface area contributed by atoms with Gasteiger partial charge in [-0.2, -0.15) is 0 Å². The lowest BCUT2D eigenvalue weighted by Crippen LogP contribution is -2.06. The Balaban J connectivity index is 1.92. The second kappa shape index (κ2) is 9.04. The van der Waals surface area contributed by atoms with Gasteiger partial charge in [-0.25, -0.2) is 9.79 Å². The number of hydrogen-bond acceptors (Lipinski definition) is 7. The van der Waals surface area contributed by atoms with Gasteiger partial charge >= 0.3 is 5.97 Å². The topological polar surface area (TPSA) is 100 Å². The van der Waals surface area contributed by atoms with Crippen LogP contribution in [0.25, 0.3) is 6.08 Å². The molecule has 0 amide bonds. The molecule has 2 aromatic rings. The van der Waals surface area contributed by atoms with E-state index in [0.717, 1.165) is 0 Å². The number of hydrogen-bond donors (Lipinski definition) is 0. The Kier molecular flexibility index (Phi) is 6.26. The van der Waals surface area contributed by atoms with Gasteiger partial charge in [-0.05, 0) is 43.7 Å². The smallest absolute Gasteiger partial charge is 0.363 e. The van der Waals surface area contributed by atoms with Gasteiger partial charge in [-0.15, -0.1) is 0 Å². The lowest BCUT2D eigenvalue weighted by Gasteiger charge is -2.11. The third kappa shape index (κ3) is 4.54. The van der Waals surface area contributed by atoms with Crippen LogP contribution < -0.4 is 9.47 Å². The van der Waals surface area contributed by atoms with Gasteiger partial charge in [-0.1, -0.05) is 24.8 Å². The lowest BCUT2D eigenvalue weighted by atomic mass is 10.1. The Morgan fingerprint density at radius 3 is 2.70 bits per heavy atom. The van der Waals surface area contributed by atoms with Crippen LogP contribution in [0.4, 0.5) is 5.69 Å². The van der Waals surface area contributed by atoms with Crippen LogP contribution in [0.5, 0.6) is 11.5 Å². The minimum atomic E-state index is -0.641. The van der Waals surface area contributed by atoms with Crippen molar-refractivity contribution in [1.82, 2.24) is 0 Å². The number of cyclic esters (lactones) is 1. The molecule has 0 atom stereocenters. The number of aryl methyl sites for hydroxylation is 1. The van der Waals surface area contributed by atoms with Crippen molar-refractivity contribution in [2.75, 3.05) is 13.2 Å². The molecule has 1 aliphatic rings. The minimum Gasteiger partial charge on any atom is -0.490 e. The Labute approximate surface area is 173 Å². The van der Waals surface area contributed by atoms with Gasteiger partial charge in [0.25, 0.3) is 5.69 Å². The first-order valence-electron chi connectivity index (χ1n) is 9.21. The summed E-state index contributed by atoms with van der Waals surface area (Å²) in [5.41, 5.74) is 1.53. The maximum atomic E-state index is 12.3. The quantitative estimate of drug-likeness (QED) is 0.213. The van der Waals surface area contributed by atoms with Crippen molar-refractivity contribution in [1.29, 1.82) is 0 Å². The van der Waals surface area contributed by atoms with Crippen molar-refractivity contribution in [3.05, 3.63) is 81.6 Å². The molecule has 3 rings (SSSR count). The highest BCUT2D eigenvalue weighted by Gasteiger charge is 2.26. The maximum absolute atomic E-state index is 12.3. The third-order valence-electron chi connectivity index (χ3n) is 4.20. The number of benzene rings is 2. The summed E-state index contributed by atoms with van der Waals surface area (Å²) < 4.78 is 16.4. The summed E-state index contributed by atoms with van der Waals surface area (Å²) in [4.78, 5) is 27.1. The third-order valence-corrected chi connectivity index (χ3v) is 4.20. The zero-order chi connectivity index (χ0) is 21.7. The molecular weight excluding hydrogens is 388 g/mol. The van der Waals surface area contributed by atoms with Crippen molar-refractivity contribution in [3.63, 3.8) is 0 Å². The van der Waals surface area contributed by atoms with Crippen LogP contribution in [0.2, 0.25) is 0 Å². The Hall–Kier alpha value is -3.94. The number of ether oxygens (including phenoxy) is 3. The van der Waals surface area contributed by atoms with Crippen LogP contribution >= 0.6 is 0 Å². The molecule has 0 N–H and O–H groups in total. The van der Waals surface area contributed by atoms with Gasteiger partial charge < -0.3 is 14.2 Å². The molecule has 0 unspecified atom stereocenters. The predicted octanol–water partition coefficient (Wildman–Crippen LogP) is 4.21. The van der Waals surface area contributed by atoms with Crippen LogP contribution in [0, 0.1) is 17.0 Å². The number of rotatable bonds is 8. The molecule has 0 radical (unpaired) electrons. The summed E-state index contributed by atoms with van der Waals surface area (Å²) in [5, 5.41) is 11.2. The van der Waals surface area contributed by atoms with E-state index < -0.39 is 10.9 Å². The highest BCUT2D eigenvalue weighted by molar-refractivity contribution is 6.13. The normalized spacial score (nSPS) is 14.3. The van der Waals surface area contributed by atoms with Gasteiger partial charge in [0, 0.05) is 17.2 Å². The fourth-order valence-corrected chi connectivity index (χ4v) is 2.78. The number of carbonyl (C=O) groups excluding carboxylic acids is 1. The van der Waals surface area contributed by atoms with Crippen molar-refractivity contribution < 1.29 is 23.9 Å². The zero-order valence-electron chi connectivity index (χ0n) is 16.6. The first-order chi connectivity index (χ1) is 14.4. The second-order valence-corrected chi connectivity index (χ2v) is 6.33. The molecule has 1 aliphatic heterocycles. The first-order valence-corrected chi connectivity index (χ1v) is 9.21. The number of nitro benzene ring substituents is 1. The molecule has 2 aromatic carbocycles. The SMILES string of the molecule is C=CCOc1ccc(C=C2N=C(c3ccc(C)c([N+](=O)[O-])c3)OC2=O)cc1OCC. The molecule has 0 bridgehead atoms. The van der Waals surface area contributed by atoms with E-state index in [0.29, 0.717) is 41.4 Å². The highest BCUT2D eigenvalue weighted by Crippen LogP contribution is 2.30. The van der Waals surface area contributed by atoms with Crippen molar-refractivity contribution >= 4 is 23.6 Å². The molecule has 1 heterocycles. The number of nitrogens with zero attached hydrogens (tertiary/aromatic N) is 2. The summed E-state index contributed by atoms with van der Waals surface area (Å²) in [7, 11) is 0. The van der Waals surface area contributed by atoms with Gasteiger partial charge in [0.05, 0.1) is 11.5 Å². The molecule has 0 aromatic heterocycles. The van der Waals surface area contributed by atoms with E-state index in [1.54, 1.807) is 49.4 Å². The van der Waals surface area contributed by atoms with Crippen molar-refractivity contribution in [2.24, 2.45) is 4.99 Å². The van der Waals surface area contributed by atoms with Crippen LogP contribution in [0.15, 0.2) is 59.7 Å². The second-order valence-electron chi connectivity index (χ2n) is 6.33. The molecule has 0 fully saturated rings. The molecule has 8 heteroatoms. The molecule has 0 spiro atoms. The Bertz CT molecular complexity index is 1070. The molecular formula is C22H20N2O6. The highest BCUT2D eigenvalue weighted by atomic mass is 16.6. The summed E-state index contributed by atoms with van der Waals surface area (Å²) in [6.45, 7) is 7.89. The standard InChI is InChI=1S/C22H20N2O6/c1-4-10-29-19-9-7-15(12-20(19)28-5-2)11-17-22(25)30-21(23-17)16-8-6-14(3)18(13-16)24(26)27/h4,6-9,11-13H,1,5,10H2,2-3H3. The number of nitro groups is 1. The summed E-state index contributed by atoms with van der Waals surface area (Å²) in [5.74, 6) is 0.464. The van der Waals surface area contributed by atoms with Crippen molar-refractivity contribution in [2.45, 2.75) is 13.8 Å². The fourth-order valence-electron chi connectivity index (χ4n) is 2.78. The van der Waals surface area contributed by atoms with E-state index in [-0.39, 0.29) is 17.3 Å². The molecule has 8 nitrogen and oxygen atoms in total. The monoisotopic (exact) mass is 408 g/mol. The van der Waals surface area contributed by atoms with E-state index in [1.807, 2.05) is 6.92 Å². The van der Waals surface area contributed by atoms with Crippen molar-refractivity contribution in [3.8, 4) is 11.5 Å². The number of carbonyl (C=O) groups is 1. The molecule has 30 heavy (non-hydrogen) atoms. The Morgan fingerprint density at radius 2 is 2.00 bits per heavy atom. The van der Waals surface area contributed by atoms with Gasteiger partial charge in [0.2, 0.25) is 5.90 Å². The average Bonchev–Trinajstić information content (AvgIpc) is 3.08. The Morgan fingerprint density at radius 1 is 1.20 bits per heavy atom. The van der Waals surface area contributed by atoms with E-state index >= 15 is 0 Å². The minimum absolute atomic E-state index is 0.0188. The zero-order valence-corrected chi connectivity index (χ0v) is 16.6. The van der Waals surface area contributed by atoms with E-state index in [2.05, 4.69) is 11.6 Å². The van der Waals surface area contributed by atoms with Crippen LogP contribution in [0.3, 0.4) is 0 Å².